The third-order valence-electron chi connectivity index (χ3n) is 3.67. The number of non-ortho nitro benzene ring substituents is 1. The molecule has 0 spiro atoms. The van der Waals surface area contributed by atoms with E-state index in [2.05, 4.69) is 0 Å². The van der Waals surface area contributed by atoms with Gasteiger partial charge < -0.3 is 5.11 Å². The fourth-order valence-corrected chi connectivity index (χ4v) is 3.17. The van der Waals surface area contributed by atoms with Gasteiger partial charge in [0.2, 0.25) is 0 Å². The third-order valence-corrected chi connectivity index (χ3v) is 4.58. The topological polar surface area (TPSA) is 101 Å². The van der Waals surface area contributed by atoms with Crippen molar-refractivity contribution < 1.29 is 24.0 Å². The van der Waals surface area contributed by atoms with Crippen molar-refractivity contribution in [2.24, 2.45) is 0 Å². The lowest BCUT2D eigenvalue weighted by Gasteiger charge is -2.12. The Kier molecular flexibility index (Phi) is 4.72. The Balaban J connectivity index is 1.89. The number of halogens is 1. The Morgan fingerprint density at radius 3 is 2.65 bits per heavy atom. The summed E-state index contributed by atoms with van der Waals surface area (Å²) in [4.78, 5) is 35.6. The Bertz CT molecular complexity index is 960. The molecule has 0 aliphatic carbocycles. The van der Waals surface area contributed by atoms with Crippen molar-refractivity contribution in [1.82, 2.24) is 4.90 Å². The monoisotopic (exact) mass is 374 g/mol. The predicted molar refractivity (Wildman–Crippen MR) is 92.7 cm³/mol. The van der Waals surface area contributed by atoms with Crippen molar-refractivity contribution in [3.63, 3.8) is 0 Å². The number of benzene rings is 2. The van der Waals surface area contributed by atoms with E-state index in [1.807, 2.05) is 0 Å². The van der Waals surface area contributed by atoms with Gasteiger partial charge in [-0.2, -0.15) is 0 Å². The molecule has 2 amide bonds. The van der Waals surface area contributed by atoms with Crippen LogP contribution in [0.2, 0.25) is 0 Å². The maximum atomic E-state index is 13.7. The summed E-state index contributed by atoms with van der Waals surface area (Å²) < 4.78 is 13.7. The van der Waals surface area contributed by atoms with E-state index in [9.17, 15) is 29.2 Å². The number of aromatic hydroxyl groups is 1. The van der Waals surface area contributed by atoms with Crippen LogP contribution in [0.1, 0.15) is 11.1 Å². The first-order valence-corrected chi connectivity index (χ1v) is 8.14. The number of phenols is 1. The van der Waals surface area contributed by atoms with Crippen molar-refractivity contribution in [2.75, 3.05) is 0 Å². The van der Waals surface area contributed by atoms with Crippen molar-refractivity contribution in [3.05, 3.63) is 74.4 Å². The zero-order chi connectivity index (χ0) is 18.8. The molecule has 0 saturated carbocycles. The molecule has 1 saturated heterocycles. The van der Waals surface area contributed by atoms with E-state index in [-0.39, 0.29) is 34.0 Å². The molecular weight excluding hydrogens is 363 g/mol. The van der Waals surface area contributed by atoms with Crippen LogP contribution in [0.5, 0.6) is 5.75 Å². The van der Waals surface area contributed by atoms with Gasteiger partial charge in [-0.25, -0.2) is 4.39 Å². The molecule has 1 fully saturated rings. The van der Waals surface area contributed by atoms with Crippen LogP contribution in [0.4, 0.5) is 14.9 Å². The number of carbonyl (C=O) groups is 2. The van der Waals surface area contributed by atoms with Gasteiger partial charge in [-0.3, -0.25) is 24.6 Å². The van der Waals surface area contributed by atoms with E-state index in [4.69, 9.17) is 0 Å². The minimum atomic E-state index is -0.658. The van der Waals surface area contributed by atoms with E-state index in [0.717, 1.165) is 23.1 Å². The van der Waals surface area contributed by atoms with Crippen LogP contribution < -0.4 is 0 Å². The van der Waals surface area contributed by atoms with E-state index in [1.54, 1.807) is 6.07 Å². The molecule has 1 N–H and O–H groups in total. The highest BCUT2D eigenvalue weighted by Gasteiger charge is 2.35. The second-order valence-corrected chi connectivity index (χ2v) is 6.35. The first-order valence-electron chi connectivity index (χ1n) is 7.33. The van der Waals surface area contributed by atoms with E-state index in [1.165, 1.54) is 24.3 Å². The number of hydrogen-bond acceptors (Lipinski definition) is 6. The summed E-state index contributed by atoms with van der Waals surface area (Å²) in [6.07, 6.45) is 1.20. The second-order valence-electron chi connectivity index (χ2n) is 5.36. The van der Waals surface area contributed by atoms with Crippen molar-refractivity contribution in [2.45, 2.75) is 6.54 Å². The number of nitrogens with zero attached hydrogens (tertiary/aromatic N) is 2. The summed E-state index contributed by atoms with van der Waals surface area (Å²) in [5, 5.41) is 20.1. The molecule has 1 heterocycles. The van der Waals surface area contributed by atoms with Crippen molar-refractivity contribution in [1.29, 1.82) is 0 Å². The first-order chi connectivity index (χ1) is 12.4. The number of phenolic OH excluding ortho intramolecular Hbond substituents is 1. The lowest BCUT2D eigenvalue weighted by Crippen LogP contribution is -2.27. The average Bonchev–Trinajstić information content (AvgIpc) is 2.86. The highest BCUT2D eigenvalue weighted by atomic mass is 32.2. The molecule has 0 aromatic heterocycles. The molecule has 0 bridgehead atoms. The van der Waals surface area contributed by atoms with Gasteiger partial charge in [0.15, 0.2) is 0 Å². The lowest BCUT2D eigenvalue weighted by atomic mass is 10.1. The molecule has 3 rings (SSSR count). The first kappa shape index (κ1) is 17.6. The molecule has 7 nitrogen and oxygen atoms in total. The van der Waals surface area contributed by atoms with Crippen LogP contribution in [0, 0.1) is 15.9 Å². The molecule has 132 valence electrons. The number of rotatable bonds is 4. The van der Waals surface area contributed by atoms with Crippen LogP contribution in [0.15, 0.2) is 47.4 Å². The number of nitro benzene ring substituents is 1. The number of amides is 2. The Morgan fingerprint density at radius 2 is 1.96 bits per heavy atom. The van der Waals surface area contributed by atoms with Gasteiger partial charge in [-0.1, -0.05) is 18.2 Å². The van der Waals surface area contributed by atoms with Crippen molar-refractivity contribution >= 4 is 34.7 Å². The average molecular weight is 374 g/mol. The van der Waals surface area contributed by atoms with Crippen LogP contribution in [-0.4, -0.2) is 26.1 Å². The van der Waals surface area contributed by atoms with Crippen molar-refractivity contribution in [3.8, 4) is 5.75 Å². The van der Waals surface area contributed by atoms with Crippen LogP contribution >= 0.6 is 11.8 Å². The Morgan fingerprint density at radius 1 is 1.23 bits per heavy atom. The summed E-state index contributed by atoms with van der Waals surface area (Å²) in [5.74, 6) is -1.46. The molecule has 0 radical (unpaired) electrons. The molecule has 0 unspecified atom stereocenters. The normalized spacial score (nSPS) is 15.7. The number of imide groups is 1. The van der Waals surface area contributed by atoms with Gasteiger partial charge in [-0.15, -0.1) is 0 Å². The highest BCUT2D eigenvalue weighted by Crippen LogP contribution is 2.35. The van der Waals surface area contributed by atoms with Gasteiger partial charge in [-0.05, 0) is 30.0 Å². The van der Waals surface area contributed by atoms with Gasteiger partial charge >= 0.3 is 0 Å². The van der Waals surface area contributed by atoms with Gasteiger partial charge in [0.05, 0.1) is 16.4 Å². The Hall–Kier alpha value is -3.20. The number of hydrogen-bond donors (Lipinski definition) is 1. The van der Waals surface area contributed by atoms with Gasteiger partial charge in [0, 0.05) is 23.3 Å². The lowest BCUT2D eigenvalue weighted by molar-refractivity contribution is -0.384. The van der Waals surface area contributed by atoms with E-state index >= 15 is 0 Å². The van der Waals surface area contributed by atoms with Crippen LogP contribution in [0.25, 0.3) is 6.08 Å². The third kappa shape index (κ3) is 3.42. The van der Waals surface area contributed by atoms with Crippen LogP contribution in [-0.2, 0) is 11.3 Å². The standard InChI is InChI=1S/C17H11FN2O5S/c18-13-4-2-1-3-10(13)9-19-16(22)15(26-17(19)23)8-11-7-12(20(24)25)5-6-14(11)21/h1-8,21H,9H2/b15-8-. The SMILES string of the molecule is O=C1S/C(=C\c2cc([N+](=O)[O-])ccc2O)C(=O)N1Cc1ccccc1F. The molecule has 2 aromatic carbocycles. The molecular formula is C17H11FN2O5S. The number of carbonyl (C=O) groups excluding carboxylic acids is 2. The molecule has 1 aliphatic heterocycles. The minimum Gasteiger partial charge on any atom is -0.507 e. The maximum absolute atomic E-state index is 13.7. The zero-order valence-electron chi connectivity index (χ0n) is 13.1. The zero-order valence-corrected chi connectivity index (χ0v) is 13.9. The molecule has 2 aromatic rings. The number of thioether (sulfide) groups is 1. The predicted octanol–water partition coefficient (Wildman–Crippen LogP) is 3.68. The second kappa shape index (κ2) is 6.96. The summed E-state index contributed by atoms with van der Waals surface area (Å²) in [7, 11) is 0. The highest BCUT2D eigenvalue weighted by molar-refractivity contribution is 8.18. The van der Waals surface area contributed by atoms with Crippen LogP contribution in [0.3, 0.4) is 0 Å². The van der Waals surface area contributed by atoms with E-state index < -0.39 is 21.9 Å². The fraction of sp³-hybridized carbons (Fsp3) is 0.0588. The summed E-state index contributed by atoms with van der Waals surface area (Å²) in [6, 6.07) is 9.14. The molecule has 0 atom stereocenters. The maximum Gasteiger partial charge on any atom is 0.293 e. The van der Waals surface area contributed by atoms with Gasteiger partial charge in [0.25, 0.3) is 16.8 Å². The molecule has 9 heteroatoms. The Labute approximate surface area is 150 Å². The molecule has 1 aliphatic rings. The largest absolute Gasteiger partial charge is 0.507 e. The minimum absolute atomic E-state index is 0.0119. The fourth-order valence-electron chi connectivity index (χ4n) is 2.35. The van der Waals surface area contributed by atoms with Gasteiger partial charge in [0.1, 0.15) is 11.6 Å². The van der Waals surface area contributed by atoms with E-state index in [0.29, 0.717) is 11.8 Å². The molecule has 26 heavy (non-hydrogen) atoms. The summed E-state index contributed by atoms with van der Waals surface area (Å²) in [6.45, 7) is -0.227. The number of nitro groups is 1. The smallest absolute Gasteiger partial charge is 0.293 e. The summed E-state index contributed by atoms with van der Waals surface area (Å²) in [5.41, 5.74) is -0.0375. The summed E-state index contributed by atoms with van der Waals surface area (Å²) >= 11 is 0.620. The quantitative estimate of drug-likeness (QED) is 0.498.